The summed E-state index contributed by atoms with van der Waals surface area (Å²) in [5.74, 6) is 2.13. The van der Waals surface area contributed by atoms with Gasteiger partial charge in [-0.3, -0.25) is 0 Å². The van der Waals surface area contributed by atoms with Crippen LogP contribution in [0.1, 0.15) is 5.56 Å². The van der Waals surface area contributed by atoms with E-state index in [1.807, 2.05) is 0 Å². The van der Waals surface area contributed by atoms with Crippen molar-refractivity contribution in [2.24, 2.45) is 5.14 Å². The van der Waals surface area contributed by atoms with Crippen LogP contribution >= 0.6 is 0 Å². The maximum absolute atomic E-state index is 10.7. The molecule has 1 aromatic heterocycles. The van der Waals surface area contributed by atoms with E-state index >= 15 is 0 Å². The molecule has 1 aromatic rings. The van der Waals surface area contributed by atoms with Gasteiger partial charge in [0.2, 0.25) is 5.09 Å². The Morgan fingerprint density at radius 3 is 2.64 bits per heavy atom. The number of nitrogens with two attached hydrogens (primary N) is 1. The van der Waals surface area contributed by atoms with E-state index in [9.17, 15) is 8.42 Å². The van der Waals surface area contributed by atoms with Crippen molar-refractivity contribution in [3.05, 3.63) is 17.9 Å². The lowest BCUT2D eigenvalue weighted by Crippen LogP contribution is -2.12. The summed E-state index contributed by atoms with van der Waals surface area (Å²) in [5.41, 5.74) is 0.146. The van der Waals surface area contributed by atoms with Crippen molar-refractivity contribution in [2.45, 2.75) is 5.09 Å². The van der Waals surface area contributed by atoms with Gasteiger partial charge in [-0.25, -0.2) is 13.6 Å². The molecular weight excluding hydrogens is 166 g/mol. The molecule has 1 rings (SSSR count). The van der Waals surface area contributed by atoms with E-state index in [0.29, 0.717) is 0 Å². The van der Waals surface area contributed by atoms with Crippen LogP contribution in [-0.2, 0) is 10.0 Å². The van der Waals surface area contributed by atoms with Gasteiger partial charge in [-0.15, -0.1) is 6.42 Å². The predicted octanol–water partition coefficient (Wildman–Crippen LogP) is -0.0917. The minimum Gasteiger partial charge on any atom is -0.451 e. The van der Waals surface area contributed by atoms with Gasteiger partial charge in [0, 0.05) is 0 Å². The minimum absolute atomic E-state index is 0.146. The minimum atomic E-state index is -3.81. The Balaban J connectivity index is 3.39. The lowest BCUT2D eigenvalue weighted by atomic mass is 10.4. The molecule has 0 saturated carbocycles. The van der Waals surface area contributed by atoms with E-state index in [1.165, 1.54) is 12.3 Å². The van der Waals surface area contributed by atoms with Gasteiger partial charge in [-0.2, -0.15) is 0 Å². The quantitative estimate of drug-likeness (QED) is 0.600. The Bertz CT molecular complexity index is 396. The van der Waals surface area contributed by atoms with Gasteiger partial charge in [0.1, 0.15) is 0 Å². The first-order valence-corrected chi connectivity index (χ1v) is 4.17. The molecule has 4 nitrogen and oxygen atoms in total. The standard InChI is InChI=1S/C6H5NO3S/c1-2-5-3-4-10-6(5)11(7,8)9/h1,3-4H,(H2,7,8,9). The molecule has 1 heterocycles. The highest BCUT2D eigenvalue weighted by Crippen LogP contribution is 2.13. The molecule has 0 amide bonds. The highest BCUT2D eigenvalue weighted by molar-refractivity contribution is 7.89. The number of primary sulfonamides is 1. The van der Waals surface area contributed by atoms with Crippen molar-refractivity contribution in [3.8, 4) is 12.3 Å². The summed E-state index contributed by atoms with van der Waals surface area (Å²) < 4.78 is 25.9. The number of hydrogen-bond donors (Lipinski definition) is 1. The lowest BCUT2D eigenvalue weighted by molar-refractivity contribution is 0.449. The van der Waals surface area contributed by atoms with Crippen molar-refractivity contribution in [1.29, 1.82) is 0 Å². The molecule has 11 heavy (non-hydrogen) atoms. The summed E-state index contributed by atoms with van der Waals surface area (Å²) in [6.45, 7) is 0. The van der Waals surface area contributed by atoms with Gasteiger partial charge in [-0.1, -0.05) is 5.92 Å². The van der Waals surface area contributed by atoms with Crippen LogP contribution in [0, 0.1) is 12.3 Å². The fraction of sp³-hybridized carbons (Fsp3) is 0. The molecule has 0 fully saturated rings. The SMILES string of the molecule is C#Cc1ccoc1S(N)(=O)=O. The topological polar surface area (TPSA) is 73.3 Å². The molecule has 0 bridgehead atoms. The average molecular weight is 171 g/mol. The molecule has 0 unspecified atom stereocenters. The zero-order valence-electron chi connectivity index (χ0n) is 5.44. The van der Waals surface area contributed by atoms with E-state index in [2.05, 4.69) is 10.3 Å². The van der Waals surface area contributed by atoms with E-state index in [-0.39, 0.29) is 10.7 Å². The Morgan fingerprint density at radius 1 is 1.64 bits per heavy atom. The Kier molecular flexibility index (Phi) is 1.72. The van der Waals surface area contributed by atoms with E-state index < -0.39 is 10.0 Å². The third-order valence-electron chi connectivity index (χ3n) is 1.04. The number of rotatable bonds is 1. The maximum atomic E-state index is 10.7. The van der Waals surface area contributed by atoms with Crippen LogP contribution < -0.4 is 5.14 Å². The smallest absolute Gasteiger partial charge is 0.272 e. The molecule has 0 spiro atoms. The Morgan fingerprint density at radius 2 is 2.27 bits per heavy atom. The molecule has 0 atom stereocenters. The molecule has 2 N–H and O–H groups in total. The van der Waals surface area contributed by atoms with Gasteiger partial charge in [0.05, 0.1) is 11.8 Å². The fourth-order valence-electron chi connectivity index (χ4n) is 0.623. The molecule has 5 heteroatoms. The zero-order valence-corrected chi connectivity index (χ0v) is 6.26. The highest BCUT2D eigenvalue weighted by atomic mass is 32.2. The second kappa shape index (κ2) is 2.42. The van der Waals surface area contributed by atoms with Crippen LogP contribution in [0.5, 0.6) is 0 Å². The monoisotopic (exact) mass is 171 g/mol. The van der Waals surface area contributed by atoms with Gasteiger partial charge in [-0.05, 0) is 6.07 Å². The second-order valence-electron chi connectivity index (χ2n) is 1.81. The largest absolute Gasteiger partial charge is 0.451 e. The molecule has 0 aliphatic rings. The Labute approximate surface area is 64.1 Å². The molecule has 0 radical (unpaired) electrons. The summed E-state index contributed by atoms with van der Waals surface area (Å²) >= 11 is 0. The molecular formula is C6H5NO3S. The van der Waals surface area contributed by atoms with Crippen LogP contribution in [0.3, 0.4) is 0 Å². The van der Waals surface area contributed by atoms with Crippen molar-refractivity contribution < 1.29 is 12.8 Å². The fourth-order valence-corrected chi connectivity index (χ4v) is 1.25. The Hall–Kier alpha value is -1.25. The van der Waals surface area contributed by atoms with Crippen LogP contribution in [0.15, 0.2) is 21.8 Å². The van der Waals surface area contributed by atoms with E-state index in [1.54, 1.807) is 0 Å². The van der Waals surface area contributed by atoms with E-state index in [0.717, 1.165) is 0 Å². The van der Waals surface area contributed by atoms with Gasteiger partial charge < -0.3 is 4.42 Å². The van der Waals surface area contributed by atoms with E-state index in [4.69, 9.17) is 11.6 Å². The second-order valence-corrected chi connectivity index (χ2v) is 3.27. The van der Waals surface area contributed by atoms with Crippen LogP contribution in [0.25, 0.3) is 0 Å². The molecule has 0 aliphatic heterocycles. The zero-order chi connectivity index (χ0) is 8.48. The average Bonchev–Trinajstić information content (AvgIpc) is 2.31. The highest BCUT2D eigenvalue weighted by Gasteiger charge is 2.15. The summed E-state index contributed by atoms with van der Waals surface area (Å²) in [5, 5.41) is 4.40. The third-order valence-corrected chi connectivity index (χ3v) is 1.88. The normalized spacial score (nSPS) is 10.9. The predicted molar refractivity (Wildman–Crippen MR) is 38.0 cm³/mol. The molecule has 0 aliphatic carbocycles. The van der Waals surface area contributed by atoms with Crippen molar-refractivity contribution >= 4 is 10.0 Å². The van der Waals surface area contributed by atoms with Crippen molar-refractivity contribution in [1.82, 2.24) is 0 Å². The number of sulfonamides is 1. The van der Waals surface area contributed by atoms with Gasteiger partial charge in [0.25, 0.3) is 10.0 Å². The molecule has 0 aromatic carbocycles. The summed E-state index contributed by atoms with van der Waals surface area (Å²) in [6, 6.07) is 1.36. The molecule has 58 valence electrons. The van der Waals surface area contributed by atoms with Crippen molar-refractivity contribution in [3.63, 3.8) is 0 Å². The summed E-state index contributed by atoms with van der Waals surface area (Å²) in [4.78, 5) is 0. The van der Waals surface area contributed by atoms with Gasteiger partial charge in [0.15, 0.2) is 0 Å². The first kappa shape index (κ1) is 7.85. The summed E-state index contributed by atoms with van der Waals surface area (Å²) in [7, 11) is -3.81. The third kappa shape index (κ3) is 1.42. The molecule has 0 saturated heterocycles. The van der Waals surface area contributed by atoms with Crippen LogP contribution in [0.2, 0.25) is 0 Å². The first-order chi connectivity index (χ1) is 5.05. The summed E-state index contributed by atoms with van der Waals surface area (Å²) in [6.07, 6.45) is 6.14. The maximum Gasteiger partial charge on any atom is 0.272 e. The lowest BCUT2D eigenvalue weighted by Gasteiger charge is -1.90. The number of terminal acetylenes is 1. The van der Waals surface area contributed by atoms with Crippen LogP contribution in [0.4, 0.5) is 0 Å². The van der Waals surface area contributed by atoms with Crippen LogP contribution in [-0.4, -0.2) is 8.42 Å². The number of hydrogen-bond acceptors (Lipinski definition) is 3. The van der Waals surface area contributed by atoms with Crippen molar-refractivity contribution in [2.75, 3.05) is 0 Å². The van der Waals surface area contributed by atoms with Gasteiger partial charge >= 0.3 is 0 Å². The number of furan rings is 1. The first-order valence-electron chi connectivity index (χ1n) is 2.62.